The second-order valence-corrected chi connectivity index (χ2v) is 4.90. The molecule has 0 bridgehead atoms. The summed E-state index contributed by atoms with van der Waals surface area (Å²) in [7, 11) is 0. The van der Waals surface area contributed by atoms with Crippen LogP contribution in [0, 0.1) is 5.41 Å². The molecule has 2 aliphatic rings. The maximum absolute atomic E-state index is 11.6. The van der Waals surface area contributed by atoms with Crippen molar-refractivity contribution < 1.29 is 4.79 Å². The molecule has 1 aliphatic carbocycles. The van der Waals surface area contributed by atoms with E-state index >= 15 is 0 Å². The molecule has 2 rings (SSSR count). The minimum atomic E-state index is 0.0800. The zero-order valence-electron chi connectivity index (χ0n) is 8.39. The summed E-state index contributed by atoms with van der Waals surface area (Å²) < 4.78 is 0. The minimum absolute atomic E-state index is 0.0800. The van der Waals surface area contributed by atoms with Crippen molar-refractivity contribution >= 4 is 5.91 Å². The van der Waals surface area contributed by atoms with Gasteiger partial charge in [0.1, 0.15) is 0 Å². The minimum Gasteiger partial charge on any atom is -0.351 e. The van der Waals surface area contributed by atoms with Gasteiger partial charge in [0.2, 0.25) is 5.91 Å². The number of nitrogens with one attached hydrogen (secondary N) is 2. The normalized spacial score (nSPS) is 35.8. The Hall–Kier alpha value is -0.570. The summed E-state index contributed by atoms with van der Waals surface area (Å²) in [6, 6.07) is 0.499. The van der Waals surface area contributed by atoms with Crippen molar-refractivity contribution in [1.82, 2.24) is 10.6 Å². The fourth-order valence-corrected chi connectivity index (χ4v) is 1.89. The first-order valence-corrected chi connectivity index (χ1v) is 5.13. The smallest absolute Gasteiger partial charge is 0.237 e. The van der Waals surface area contributed by atoms with Gasteiger partial charge in [0.05, 0.1) is 6.04 Å². The number of carbonyl (C=O) groups is 1. The highest BCUT2D eigenvalue weighted by molar-refractivity contribution is 5.82. The molecule has 1 unspecified atom stereocenters. The van der Waals surface area contributed by atoms with Crippen LogP contribution < -0.4 is 10.6 Å². The van der Waals surface area contributed by atoms with Gasteiger partial charge in [-0.05, 0) is 31.2 Å². The van der Waals surface area contributed by atoms with E-state index in [-0.39, 0.29) is 11.9 Å². The first kappa shape index (κ1) is 9.00. The summed E-state index contributed by atoms with van der Waals surface area (Å²) in [4.78, 5) is 11.6. The fourth-order valence-electron chi connectivity index (χ4n) is 1.89. The predicted octanol–water partition coefficient (Wildman–Crippen LogP) is 0.653. The van der Waals surface area contributed by atoms with Crippen molar-refractivity contribution in [3.63, 3.8) is 0 Å². The van der Waals surface area contributed by atoms with Gasteiger partial charge in [-0.25, -0.2) is 0 Å². The Bertz CT molecular complexity index is 219. The maximum Gasteiger partial charge on any atom is 0.237 e. The molecule has 0 aromatic heterocycles. The molecule has 3 heteroatoms. The Morgan fingerprint density at radius 3 is 2.69 bits per heavy atom. The highest BCUT2D eigenvalue weighted by Gasteiger charge is 2.47. The third-order valence-electron chi connectivity index (χ3n) is 3.21. The van der Waals surface area contributed by atoms with Gasteiger partial charge in [-0.3, -0.25) is 4.79 Å². The highest BCUT2D eigenvalue weighted by Crippen LogP contribution is 2.44. The molecule has 0 aromatic carbocycles. The molecule has 1 saturated heterocycles. The van der Waals surface area contributed by atoms with E-state index in [2.05, 4.69) is 24.5 Å². The summed E-state index contributed by atoms with van der Waals surface area (Å²) in [5.74, 6) is 0.202. The van der Waals surface area contributed by atoms with Crippen molar-refractivity contribution in [3.8, 4) is 0 Å². The van der Waals surface area contributed by atoms with Crippen LogP contribution in [0.3, 0.4) is 0 Å². The van der Waals surface area contributed by atoms with Crippen molar-refractivity contribution in [2.24, 2.45) is 5.41 Å². The maximum atomic E-state index is 11.6. The summed E-state index contributed by atoms with van der Waals surface area (Å²) >= 11 is 0. The molecule has 1 saturated carbocycles. The lowest BCUT2D eigenvalue weighted by atomic mass is 10.1. The number of rotatable bonds is 2. The SMILES string of the molecule is CC1(C)CC1NC(=O)[C@H]1CCCN1. The van der Waals surface area contributed by atoms with Crippen LogP contribution >= 0.6 is 0 Å². The standard InChI is InChI=1S/C10H18N2O/c1-10(2)6-8(10)12-9(13)7-4-3-5-11-7/h7-8,11H,3-6H2,1-2H3,(H,12,13)/t7-,8?/m1/s1. The Balaban J connectivity index is 1.79. The lowest BCUT2D eigenvalue weighted by molar-refractivity contribution is -0.123. The van der Waals surface area contributed by atoms with E-state index in [0.29, 0.717) is 11.5 Å². The summed E-state index contributed by atoms with van der Waals surface area (Å²) in [5.41, 5.74) is 0.342. The van der Waals surface area contributed by atoms with Crippen molar-refractivity contribution in [2.45, 2.75) is 45.2 Å². The van der Waals surface area contributed by atoms with Gasteiger partial charge < -0.3 is 10.6 Å². The van der Waals surface area contributed by atoms with Crippen molar-refractivity contribution in [1.29, 1.82) is 0 Å². The van der Waals surface area contributed by atoms with E-state index in [4.69, 9.17) is 0 Å². The zero-order valence-corrected chi connectivity index (χ0v) is 8.39. The Kier molecular flexibility index (Phi) is 2.06. The Morgan fingerprint density at radius 1 is 1.54 bits per heavy atom. The second kappa shape index (κ2) is 2.98. The quantitative estimate of drug-likeness (QED) is 0.658. The summed E-state index contributed by atoms with van der Waals surface area (Å²) in [6.07, 6.45) is 3.26. The van der Waals surface area contributed by atoms with Gasteiger partial charge in [-0.2, -0.15) is 0 Å². The van der Waals surface area contributed by atoms with Crippen LogP contribution in [0.25, 0.3) is 0 Å². The van der Waals surface area contributed by atoms with Crippen LogP contribution in [0.5, 0.6) is 0 Å². The summed E-state index contributed by atoms with van der Waals surface area (Å²) in [6.45, 7) is 5.38. The van der Waals surface area contributed by atoms with Crippen LogP contribution in [0.2, 0.25) is 0 Å². The molecule has 0 aromatic rings. The van der Waals surface area contributed by atoms with E-state index in [1.165, 1.54) is 0 Å². The topological polar surface area (TPSA) is 41.1 Å². The van der Waals surface area contributed by atoms with Gasteiger partial charge in [-0.1, -0.05) is 13.8 Å². The third-order valence-corrected chi connectivity index (χ3v) is 3.21. The molecule has 1 heterocycles. The molecule has 2 atom stereocenters. The molecular weight excluding hydrogens is 164 g/mol. The molecule has 3 nitrogen and oxygen atoms in total. The Labute approximate surface area is 79.3 Å². The zero-order chi connectivity index (χ0) is 9.47. The van der Waals surface area contributed by atoms with E-state index in [1.807, 2.05) is 0 Å². The molecule has 74 valence electrons. The fraction of sp³-hybridized carbons (Fsp3) is 0.900. The monoisotopic (exact) mass is 182 g/mol. The van der Waals surface area contributed by atoms with Crippen LogP contribution in [0.4, 0.5) is 0 Å². The number of carbonyl (C=O) groups excluding carboxylic acids is 1. The molecular formula is C10H18N2O. The molecule has 1 amide bonds. The molecule has 0 radical (unpaired) electrons. The van der Waals surface area contributed by atoms with Crippen molar-refractivity contribution in [3.05, 3.63) is 0 Å². The molecule has 13 heavy (non-hydrogen) atoms. The molecule has 2 fully saturated rings. The van der Waals surface area contributed by atoms with E-state index < -0.39 is 0 Å². The summed E-state index contributed by atoms with van der Waals surface area (Å²) in [5, 5.41) is 6.29. The van der Waals surface area contributed by atoms with Crippen LogP contribution in [0.15, 0.2) is 0 Å². The van der Waals surface area contributed by atoms with E-state index in [9.17, 15) is 4.79 Å². The van der Waals surface area contributed by atoms with Gasteiger partial charge in [0, 0.05) is 6.04 Å². The Morgan fingerprint density at radius 2 is 2.23 bits per heavy atom. The third kappa shape index (κ3) is 1.85. The number of hydrogen-bond donors (Lipinski definition) is 2. The highest BCUT2D eigenvalue weighted by atomic mass is 16.2. The van der Waals surface area contributed by atoms with Crippen molar-refractivity contribution in [2.75, 3.05) is 6.54 Å². The first-order valence-electron chi connectivity index (χ1n) is 5.13. The molecule has 1 aliphatic heterocycles. The molecule has 2 N–H and O–H groups in total. The largest absolute Gasteiger partial charge is 0.351 e. The molecule has 0 spiro atoms. The predicted molar refractivity (Wildman–Crippen MR) is 51.4 cm³/mol. The number of amides is 1. The van der Waals surface area contributed by atoms with Gasteiger partial charge in [-0.15, -0.1) is 0 Å². The van der Waals surface area contributed by atoms with Gasteiger partial charge >= 0.3 is 0 Å². The average Bonchev–Trinajstić information content (AvgIpc) is 2.58. The van der Waals surface area contributed by atoms with E-state index in [0.717, 1.165) is 25.8 Å². The van der Waals surface area contributed by atoms with Crippen LogP contribution in [0.1, 0.15) is 33.1 Å². The van der Waals surface area contributed by atoms with Gasteiger partial charge in [0.15, 0.2) is 0 Å². The second-order valence-electron chi connectivity index (χ2n) is 4.90. The lowest BCUT2D eigenvalue weighted by Crippen LogP contribution is -2.42. The number of hydrogen-bond acceptors (Lipinski definition) is 2. The average molecular weight is 182 g/mol. The van der Waals surface area contributed by atoms with E-state index in [1.54, 1.807) is 0 Å². The van der Waals surface area contributed by atoms with Crippen LogP contribution in [-0.2, 0) is 4.79 Å². The lowest BCUT2D eigenvalue weighted by Gasteiger charge is -2.11. The first-order chi connectivity index (χ1) is 6.09. The van der Waals surface area contributed by atoms with Gasteiger partial charge in [0.25, 0.3) is 0 Å². The van der Waals surface area contributed by atoms with Crippen LogP contribution in [-0.4, -0.2) is 24.5 Å².